The predicted octanol–water partition coefficient (Wildman–Crippen LogP) is 4.04. The van der Waals surface area contributed by atoms with Gasteiger partial charge in [0.15, 0.2) is 0 Å². The minimum atomic E-state index is 0.973. The molecule has 1 nitrogen and oxygen atoms in total. The molecule has 0 heterocycles. The van der Waals surface area contributed by atoms with E-state index in [0.717, 1.165) is 24.8 Å². The average Bonchev–Trinajstić information content (AvgIpc) is 2.29. The summed E-state index contributed by atoms with van der Waals surface area (Å²) in [7, 11) is 0. The van der Waals surface area contributed by atoms with Crippen molar-refractivity contribution >= 4 is 0 Å². The first-order valence-corrected chi connectivity index (χ1v) is 5.89. The van der Waals surface area contributed by atoms with E-state index >= 15 is 0 Å². The zero-order valence-electron chi connectivity index (χ0n) is 10.2. The van der Waals surface area contributed by atoms with Crippen LogP contribution in [0.5, 0.6) is 0 Å². The third-order valence-electron chi connectivity index (χ3n) is 2.68. The first kappa shape index (κ1) is 12.5. The molecule has 1 rings (SSSR count). The zero-order valence-corrected chi connectivity index (χ0v) is 10.2. The Kier molecular flexibility index (Phi) is 5.36. The van der Waals surface area contributed by atoms with Crippen LogP contribution in [0.3, 0.4) is 0 Å². The van der Waals surface area contributed by atoms with Gasteiger partial charge in [0.25, 0.3) is 0 Å². The first-order chi connectivity index (χ1) is 7.76. The van der Waals surface area contributed by atoms with Crippen molar-refractivity contribution in [2.75, 3.05) is 0 Å². The van der Waals surface area contributed by atoms with Crippen molar-refractivity contribution in [1.82, 2.24) is 0 Å². The summed E-state index contributed by atoms with van der Waals surface area (Å²) in [6, 6.07) is 10.9. The van der Waals surface area contributed by atoms with Gasteiger partial charge in [-0.2, -0.15) is 5.26 Å². The molecule has 0 atom stereocenters. The highest BCUT2D eigenvalue weighted by Crippen LogP contribution is 2.11. The smallest absolute Gasteiger partial charge is 0.0911 e. The molecular formula is C15H19N. The summed E-state index contributed by atoms with van der Waals surface area (Å²) >= 11 is 0. The highest BCUT2D eigenvalue weighted by Gasteiger charge is 1.96. The monoisotopic (exact) mass is 213 g/mol. The number of rotatable bonds is 5. The summed E-state index contributed by atoms with van der Waals surface area (Å²) in [5.74, 6) is 0. The molecule has 1 aromatic carbocycles. The summed E-state index contributed by atoms with van der Waals surface area (Å²) in [6.07, 6.45) is 5.99. The number of nitrogens with zero attached hydrogens (tertiary/aromatic N) is 1. The summed E-state index contributed by atoms with van der Waals surface area (Å²) in [6.45, 7) is 4.21. The van der Waals surface area contributed by atoms with Crippen LogP contribution in [0.25, 0.3) is 0 Å². The van der Waals surface area contributed by atoms with E-state index in [0.29, 0.717) is 0 Å². The molecule has 0 amide bonds. The van der Waals surface area contributed by atoms with Crippen LogP contribution in [-0.2, 0) is 12.8 Å². The molecule has 0 spiro atoms. The van der Waals surface area contributed by atoms with Crippen molar-refractivity contribution in [3.63, 3.8) is 0 Å². The largest absolute Gasteiger partial charge is 0.193 e. The van der Waals surface area contributed by atoms with E-state index in [9.17, 15) is 0 Å². The molecule has 1 aromatic rings. The van der Waals surface area contributed by atoms with Gasteiger partial charge >= 0.3 is 0 Å². The molecule has 0 aromatic heterocycles. The van der Waals surface area contributed by atoms with E-state index in [1.807, 2.05) is 6.92 Å². The molecule has 0 unspecified atom stereocenters. The number of hydrogen-bond acceptors (Lipinski definition) is 1. The van der Waals surface area contributed by atoms with Crippen molar-refractivity contribution in [2.45, 2.75) is 39.5 Å². The van der Waals surface area contributed by atoms with E-state index in [4.69, 9.17) is 5.26 Å². The molecular weight excluding hydrogens is 194 g/mol. The third kappa shape index (κ3) is 4.31. The highest BCUT2D eigenvalue weighted by atomic mass is 14.2. The van der Waals surface area contributed by atoms with Crippen LogP contribution >= 0.6 is 0 Å². The summed E-state index contributed by atoms with van der Waals surface area (Å²) in [5.41, 5.74) is 3.92. The second kappa shape index (κ2) is 6.85. The summed E-state index contributed by atoms with van der Waals surface area (Å²) < 4.78 is 0. The molecule has 1 heteroatoms. The van der Waals surface area contributed by atoms with Crippen LogP contribution in [-0.4, -0.2) is 0 Å². The fourth-order valence-corrected chi connectivity index (χ4v) is 1.69. The van der Waals surface area contributed by atoms with E-state index in [-0.39, 0.29) is 0 Å². The molecule has 0 saturated carbocycles. The van der Waals surface area contributed by atoms with Gasteiger partial charge in [0, 0.05) is 6.08 Å². The molecule has 16 heavy (non-hydrogen) atoms. The maximum absolute atomic E-state index is 8.50. The van der Waals surface area contributed by atoms with Gasteiger partial charge in [-0.3, -0.25) is 0 Å². The number of nitriles is 1. The van der Waals surface area contributed by atoms with Gasteiger partial charge in [-0.1, -0.05) is 43.2 Å². The average molecular weight is 213 g/mol. The van der Waals surface area contributed by atoms with E-state index in [2.05, 4.69) is 37.3 Å². The Morgan fingerprint density at radius 2 is 1.75 bits per heavy atom. The minimum absolute atomic E-state index is 0.973. The second-order valence-electron chi connectivity index (χ2n) is 4.19. The topological polar surface area (TPSA) is 23.8 Å². The zero-order chi connectivity index (χ0) is 11.8. The van der Waals surface area contributed by atoms with Crippen molar-refractivity contribution in [3.8, 4) is 6.07 Å². The Morgan fingerprint density at radius 3 is 2.25 bits per heavy atom. The molecule has 0 radical (unpaired) electrons. The fraction of sp³-hybridized carbons (Fsp3) is 0.400. The van der Waals surface area contributed by atoms with Gasteiger partial charge in [0.2, 0.25) is 0 Å². The molecule has 0 aliphatic heterocycles. The molecule has 0 fully saturated rings. The lowest BCUT2D eigenvalue weighted by Gasteiger charge is -2.03. The van der Waals surface area contributed by atoms with Crippen molar-refractivity contribution in [3.05, 3.63) is 47.0 Å². The van der Waals surface area contributed by atoms with E-state index in [1.165, 1.54) is 17.5 Å². The maximum Gasteiger partial charge on any atom is 0.0911 e. The maximum atomic E-state index is 8.50. The Morgan fingerprint density at radius 1 is 1.19 bits per heavy atom. The third-order valence-corrected chi connectivity index (χ3v) is 2.68. The minimum Gasteiger partial charge on any atom is -0.193 e. The number of aryl methyl sites for hydroxylation is 2. The Labute approximate surface area is 98.4 Å². The van der Waals surface area contributed by atoms with Gasteiger partial charge in [0.05, 0.1) is 6.07 Å². The van der Waals surface area contributed by atoms with Gasteiger partial charge in [0.1, 0.15) is 0 Å². The SMILES string of the molecule is CCCc1ccc(CC/C(C)=C/C#N)cc1. The van der Waals surface area contributed by atoms with Crippen LogP contribution in [0, 0.1) is 11.3 Å². The first-order valence-electron chi connectivity index (χ1n) is 5.89. The summed E-state index contributed by atoms with van der Waals surface area (Å²) in [5, 5.41) is 8.50. The molecule has 0 aliphatic carbocycles. The molecule has 0 N–H and O–H groups in total. The Bertz CT molecular complexity index is 379. The highest BCUT2D eigenvalue weighted by molar-refractivity contribution is 5.24. The van der Waals surface area contributed by atoms with Gasteiger partial charge in [-0.25, -0.2) is 0 Å². The van der Waals surface area contributed by atoms with Gasteiger partial charge in [-0.15, -0.1) is 0 Å². The van der Waals surface area contributed by atoms with Gasteiger partial charge in [-0.05, 0) is 37.3 Å². The van der Waals surface area contributed by atoms with Crippen LogP contribution < -0.4 is 0 Å². The normalized spacial score (nSPS) is 11.2. The Balaban J connectivity index is 2.50. The van der Waals surface area contributed by atoms with E-state index in [1.54, 1.807) is 6.08 Å². The number of allylic oxidation sites excluding steroid dienone is 2. The number of hydrogen-bond donors (Lipinski definition) is 0. The van der Waals surface area contributed by atoms with Crippen LogP contribution in [0.15, 0.2) is 35.9 Å². The molecule has 0 bridgehead atoms. The standard InChI is InChI=1S/C15H19N/c1-3-4-14-7-9-15(10-8-14)6-5-13(2)11-12-16/h7-11H,3-6H2,1-2H3/b13-11+. The fourth-order valence-electron chi connectivity index (χ4n) is 1.69. The van der Waals surface area contributed by atoms with Crippen LogP contribution in [0.2, 0.25) is 0 Å². The second-order valence-corrected chi connectivity index (χ2v) is 4.19. The predicted molar refractivity (Wildman–Crippen MR) is 68.1 cm³/mol. The lowest BCUT2D eigenvalue weighted by Crippen LogP contribution is -1.88. The van der Waals surface area contributed by atoms with Gasteiger partial charge < -0.3 is 0 Å². The number of benzene rings is 1. The van der Waals surface area contributed by atoms with Crippen molar-refractivity contribution < 1.29 is 0 Å². The summed E-state index contributed by atoms with van der Waals surface area (Å²) in [4.78, 5) is 0. The molecule has 0 saturated heterocycles. The lowest BCUT2D eigenvalue weighted by atomic mass is 10.0. The van der Waals surface area contributed by atoms with E-state index < -0.39 is 0 Å². The molecule has 0 aliphatic rings. The quantitative estimate of drug-likeness (QED) is 0.677. The van der Waals surface area contributed by atoms with Crippen LogP contribution in [0.4, 0.5) is 0 Å². The van der Waals surface area contributed by atoms with Crippen LogP contribution in [0.1, 0.15) is 37.8 Å². The van der Waals surface area contributed by atoms with Crippen molar-refractivity contribution in [1.29, 1.82) is 5.26 Å². The Hall–Kier alpha value is -1.55. The molecule has 84 valence electrons. The van der Waals surface area contributed by atoms with Crippen molar-refractivity contribution in [2.24, 2.45) is 0 Å². The lowest BCUT2D eigenvalue weighted by molar-refractivity contribution is 0.911.